The maximum absolute atomic E-state index is 11.5. The highest BCUT2D eigenvalue weighted by Gasteiger charge is 2.27. The van der Waals surface area contributed by atoms with Gasteiger partial charge in [0.25, 0.3) is 0 Å². The molecule has 15 heavy (non-hydrogen) atoms. The van der Waals surface area contributed by atoms with Gasteiger partial charge in [-0.3, -0.25) is 4.79 Å². The molecule has 0 amide bonds. The molecule has 0 aromatic carbocycles. The Morgan fingerprint density at radius 1 is 1.20 bits per heavy atom. The van der Waals surface area contributed by atoms with Crippen LogP contribution >= 0.6 is 0 Å². The summed E-state index contributed by atoms with van der Waals surface area (Å²) in [5.41, 5.74) is 0. The number of Topliss-reactive ketones (excluding diaryl/α,β-unsaturated/α-hetero) is 1. The van der Waals surface area contributed by atoms with E-state index in [2.05, 4.69) is 16.7 Å². The third-order valence-electron chi connectivity index (χ3n) is 3.82. The molecule has 1 saturated heterocycles. The Hall–Kier alpha value is -0.410. The zero-order valence-corrected chi connectivity index (χ0v) is 9.74. The van der Waals surface area contributed by atoms with Crippen LogP contribution in [0.15, 0.2) is 0 Å². The second-order valence-electron chi connectivity index (χ2n) is 4.79. The van der Waals surface area contributed by atoms with Crippen molar-refractivity contribution in [3.63, 3.8) is 0 Å². The van der Waals surface area contributed by atoms with Gasteiger partial charge < -0.3 is 9.80 Å². The maximum atomic E-state index is 11.5. The topological polar surface area (TPSA) is 23.6 Å². The minimum atomic E-state index is 0.359. The molecule has 1 atom stereocenters. The third-order valence-corrected chi connectivity index (χ3v) is 3.82. The summed E-state index contributed by atoms with van der Waals surface area (Å²) in [5, 5.41) is 0. The van der Waals surface area contributed by atoms with E-state index in [1.165, 1.54) is 13.1 Å². The van der Waals surface area contributed by atoms with Crippen molar-refractivity contribution in [1.82, 2.24) is 9.80 Å². The van der Waals surface area contributed by atoms with Gasteiger partial charge in [0.05, 0.1) is 0 Å². The highest BCUT2D eigenvalue weighted by atomic mass is 16.1. The minimum Gasteiger partial charge on any atom is -0.301 e. The largest absolute Gasteiger partial charge is 0.301 e. The second-order valence-corrected chi connectivity index (χ2v) is 4.79. The summed E-state index contributed by atoms with van der Waals surface area (Å²) in [7, 11) is 0. The van der Waals surface area contributed by atoms with Gasteiger partial charge in [-0.05, 0) is 19.4 Å². The average molecular weight is 210 g/mol. The lowest BCUT2D eigenvalue weighted by Gasteiger charge is -2.35. The Kier molecular flexibility index (Phi) is 3.76. The van der Waals surface area contributed by atoms with Crippen LogP contribution in [0.3, 0.4) is 0 Å². The summed E-state index contributed by atoms with van der Waals surface area (Å²) >= 11 is 0. The van der Waals surface area contributed by atoms with E-state index in [1.54, 1.807) is 0 Å². The molecule has 0 spiro atoms. The molecule has 2 fully saturated rings. The van der Waals surface area contributed by atoms with E-state index in [1.807, 2.05) is 0 Å². The number of carbonyl (C=O) groups is 1. The summed E-state index contributed by atoms with van der Waals surface area (Å²) in [5.74, 6) is 0.867. The van der Waals surface area contributed by atoms with Gasteiger partial charge in [-0.25, -0.2) is 0 Å². The molecule has 0 N–H and O–H groups in total. The van der Waals surface area contributed by atoms with Crippen LogP contribution in [0, 0.1) is 5.92 Å². The fourth-order valence-electron chi connectivity index (χ4n) is 2.68. The van der Waals surface area contributed by atoms with Crippen LogP contribution < -0.4 is 0 Å². The van der Waals surface area contributed by atoms with Crippen molar-refractivity contribution in [2.24, 2.45) is 5.92 Å². The lowest BCUT2D eigenvalue weighted by atomic mass is 10.1. The van der Waals surface area contributed by atoms with Gasteiger partial charge in [0, 0.05) is 45.1 Å². The monoisotopic (exact) mass is 210 g/mol. The standard InChI is InChI=1S/C12H22N2O/c1-2-13-6-8-14(9-7-13)10-11-4-3-5-12(11)15/h11H,2-10H2,1H3. The van der Waals surface area contributed by atoms with Crippen LogP contribution in [0.4, 0.5) is 0 Å². The van der Waals surface area contributed by atoms with E-state index < -0.39 is 0 Å². The van der Waals surface area contributed by atoms with Gasteiger partial charge >= 0.3 is 0 Å². The van der Waals surface area contributed by atoms with Gasteiger partial charge in [0.2, 0.25) is 0 Å². The lowest BCUT2D eigenvalue weighted by Crippen LogP contribution is -2.47. The van der Waals surface area contributed by atoms with E-state index in [9.17, 15) is 4.79 Å². The van der Waals surface area contributed by atoms with Crippen LogP contribution in [-0.4, -0.2) is 54.9 Å². The van der Waals surface area contributed by atoms with Crippen molar-refractivity contribution in [3.05, 3.63) is 0 Å². The number of likely N-dealkylation sites (N-methyl/N-ethyl adjacent to an activating group) is 1. The zero-order chi connectivity index (χ0) is 10.7. The second kappa shape index (κ2) is 5.08. The smallest absolute Gasteiger partial charge is 0.137 e. The molecular weight excluding hydrogens is 188 g/mol. The van der Waals surface area contributed by atoms with Gasteiger partial charge in [-0.15, -0.1) is 0 Å². The van der Waals surface area contributed by atoms with Gasteiger partial charge in [0.15, 0.2) is 0 Å². The van der Waals surface area contributed by atoms with Crippen molar-refractivity contribution in [3.8, 4) is 0 Å². The fourth-order valence-corrected chi connectivity index (χ4v) is 2.68. The quantitative estimate of drug-likeness (QED) is 0.694. The molecule has 0 aromatic heterocycles. The van der Waals surface area contributed by atoms with Crippen molar-refractivity contribution >= 4 is 5.78 Å². The van der Waals surface area contributed by atoms with E-state index in [0.717, 1.165) is 45.4 Å². The molecule has 2 aliphatic rings. The van der Waals surface area contributed by atoms with E-state index in [-0.39, 0.29) is 0 Å². The van der Waals surface area contributed by atoms with Crippen LogP contribution in [-0.2, 0) is 4.79 Å². The summed E-state index contributed by atoms with van der Waals surface area (Å²) in [6.07, 6.45) is 3.09. The van der Waals surface area contributed by atoms with Crippen LogP contribution in [0.2, 0.25) is 0 Å². The van der Waals surface area contributed by atoms with Crippen LogP contribution in [0.25, 0.3) is 0 Å². The summed E-state index contributed by atoms with van der Waals surface area (Å²) in [4.78, 5) is 16.5. The SMILES string of the molecule is CCN1CCN(CC2CCCC2=O)CC1. The summed E-state index contributed by atoms with van der Waals surface area (Å²) < 4.78 is 0. The molecule has 3 heteroatoms. The fraction of sp³-hybridized carbons (Fsp3) is 0.917. The number of carbonyl (C=O) groups excluding carboxylic acids is 1. The molecule has 0 bridgehead atoms. The molecule has 86 valence electrons. The maximum Gasteiger partial charge on any atom is 0.137 e. The first-order chi connectivity index (χ1) is 7.29. The first kappa shape index (κ1) is 11.1. The number of hydrogen-bond acceptors (Lipinski definition) is 3. The van der Waals surface area contributed by atoms with Crippen molar-refractivity contribution in [2.75, 3.05) is 39.3 Å². The van der Waals surface area contributed by atoms with Gasteiger partial charge in [-0.2, -0.15) is 0 Å². The van der Waals surface area contributed by atoms with Gasteiger partial charge in [0.1, 0.15) is 5.78 Å². The highest BCUT2D eigenvalue weighted by molar-refractivity contribution is 5.83. The number of nitrogens with zero attached hydrogens (tertiary/aromatic N) is 2. The highest BCUT2D eigenvalue weighted by Crippen LogP contribution is 2.22. The molecule has 1 aliphatic heterocycles. The number of hydrogen-bond donors (Lipinski definition) is 0. The van der Waals surface area contributed by atoms with Crippen LogP contribution in [0.1, 0.15) is 26.2 Å². The van der Waals surface area contributed by atoms with Crippen LogP contribution in [0.5, 0.6) is 0 Å². The number of rotatable bonds is 3. The molecule has 1 unspecified atom stereocenters. The Morgan fingerprint density at radius 2 is 1.87 bits per heavy atom. The number of piperazine rings is 1. The number of ketones is 1. The normalized spacial score (nSPS) is 29.9. The van der Waals surface area contributed by atoms with Gasteiger partial charge in [-0.1, -0.05) is 6.92 Å². The molecular formula is C12H22N2O. The Labute approximate surface area is 92.4 Å². The third kappa shape index (κ3) is 2.79. The molecule has 1 saturated carbocycles. The van der Waals surface area contributed by atoms with Crippen molar-refractivity contribution in [2.45, 2.75) is 26.2 Å². The average Bonchev–Trinajstić information content (AvgIpc) is 2.66. The van der Waals surface area contributed by atoms with Crippen molar-refractivity contribution < 1.29 is 4.79 Å². The first-order valence-corrected chi connectivity index (χ1v) is 6.27. The summed E-state index contributed by atoms with van der Waals surface area (Å²) in [6, 6.07) is 0. The molecule has 0 radical (unpaired) electrons. The molecule has 0 aromatic rings. The Morgan fingerprint density at radius 3 is 2.40 bits per heavy atom. The molecule has 3 nitrogen and oxygen atoms in total. The predicted octanol–water partition coefficient (Wildman–Crippen LogP) is 0.993. The molecule has 2 rings (SSSR count). The van der Waals surface area contributed by atoms with E-state index in [0.29, 0.717) is 11.7 Å². The van der Waals surface area contributed by atoms with E-state index >= 15 is 0 Å². The van der Waals surface area contributed by atoms with Crippen molar-refractivity contribution in [1.29, 1.82) is 0 Å². The molecule has 1 heterocycles. The van der Waals surface area contributed by atoms with E-state index in [4.69, 9.17) is 0 Å². The first-order valence-electron chi connectivity index (χ1n) is 6.27. The Balaban J connectivity index is 1.74. The molecule has 1 aliphatic carbocycles. The minimum absolute atomic E-state index is 0.359. The summed E-state index contributed by atoms with van der Waals surface area (Å²) in [6.45, 7) is 9.06. The lowest BCUT2D eigenvalue weighted by molar-refractivity contribution is -0.121. The Bertz CT molecular complexity index is 222. The predicted molar refractivity (Wildman–Crippen MR) is 60.9 cm³/mol. The zero-order valence-electron chi connectivity index (χ0n) is 9.74.